The second kappa shape index (κ2) is 2.91. The Morgan fingerprint density at radius 2 is 1.67 bits per heavy atom. The maximum Gasteiger partial charge on any atom is 0.449 e. The topological polar surface area (TPSA) is 28.7 Å². The first-order valence-electron chi connectivity index (χ1n) is 3.80. The van der Waals surface area contributed by atoms with Gasteiger partial charge >= 0.3 is 6.18 Å². The molecule has 0 atom stereocenters. The van der Waals surface area contributed by atoms with Crippen LogP contribution in [0.1, 0.15) is 5.82 Å². The van der Waals surface area contributed by atoms with Crippen molar-refractivity contribution in [1.82, 2.24) is 9.97 Å². The van der Waals surface area contributed by atoms with Gasteiger partial charge in [-0.2, -0.15) is 13.2 Å². The quantitative estimate of drug-likeness (QED) is 0.682. The first-order chi connectivity index (χ1) is 6.88. The van der Waals surface area contributed by atoms with Crippen molar-refractivity contribution in [3.8, 4) is 0 Å². The van der Waals surface area contributed by atoms with Crippen molar-refractivity contribution in [1.29, 1.82) is 0 Å². The minimum Gasteiger partial charge on any atom is -0.334 e. The van der Waals surface area contributed by atoms with Gasteiger partial charge in [0, 0.05) is 12.1 Å². The normalized spacial score (nSPS) is 12.3. The van der Waals surface area contributed by atoms with Crippen LogP contribution < -0.4 is 0 Å². The molecule has 2 aromatic rings. The Hall–Kier alpha value is -1.66. The summed E-state index contributed by atoms with van der Waals surface area (Å²) in [7, 11) is 0. The van der Waals surface area contributed by atoms with Gasteiger partial charge in [0.15, 0.2) is 11.6 Å². The van der Waals surface area contributed by atoms with E-state index >= 15 is 0 Å². The van der Waals surface area contributed by atoms with E-state index in [1.54, 1.807) is 0 Å². The van der Waals surface area contributed by atoms with Crippen LogP contribution in [0, 0.1) is 11.6 Å². The SMILES string of the molecule is Fc1cc2nc(C(F)(F)F)[nH]c2cc1F. The Morgan fingerprint density at radius 3 is 2.27 bits per heavy atom. The van der Waals surface area contributed by atoms with Crippen LogP contribution in [0.3, 0.4) is 0 Å². The third kappa shape index (κ3) is 1.64. The molecule has 2 rings (SSSR count). The Bertz CT molecular complexity index is 474. The summed E-state index contributed by atoms with van der Waals surface area (Å²) in [6, 6.07) is 1.24. The fourth-order valence-corrected chi connectivity index (χ4v) is 1.14. The summed E-state index contributed by atoms with van der Waals surface area (Å²) in [5, 5.41) is 0. The molecular weight excluding hydrogens is 219 g/mol. The van der Waals surface area contributed by atoms with E-state index in [9.17, 15) is 22.0 Å². The average Bonchev–Trinajstić information content (AvgIpc) is 2.47. The molecule has 1 aromatic carbocycles. The molecule has 0 radical (unpaired) electrons. The van der Waals surface area contributed by atoms with Gasteiger partial charge in [-0.1, -0.05) is 0 Å². The lowest BCUT2D eigenvalue weighted by molar-refractivity contribution is -0.144. The first kappa shape index (κ1) is 9.88. The lowest BCUT2D eigenvalue weighted by Crippen LogP contribution is -2.06. The smallest absolute Gasteiger partial charge is 0.334 e. The Morgan fingerprint density at radius 1 is 1.07 bits per heavy atom. The summed E-state index contributed by atoms with van der Waals surface area (Å²) in [6.45, 7) is 0. The number of imidazole rings is 1. The number of H-pyrrole nitrogens is 1. The van der Waals surface area contributed by atoms with Gasteiger partial charge in [0.2, 0.25) is 5.82 Å². The lowest BCUT2D eigenvalue weighted by atomic mass is 10.3. The van der Waals surface area contributed by atoms with E-state index in [0.717, 1.165) is 0 Å². The largest absolute Gasteiger partial charge is 0.449 e. The van der Waals surface area contributed by atoms with E-state index in [2.05, 4.69) is 4.98 Å². The minimum absolute atomic E-state index is 0.193. The van der Waals surface area contributed by atoms with Gasteiger partial charge in [0.05, 0.1) is 11.0 Å². The van der Waals surface area contributed by atoms with E-state index in [1.165, 1.54) is 0 Å². The molecule has 2 nitrogen and oxygen atoms in total. The molecular formula is C8H3F5N2. The third-order valence-corrected chi connectivity index (χ3v) is 1.79. The highest BCUT2D eigenvalue weighted by atomic mass is 19.4. The molecule has 0 fully saturated rings. The second-order valence-corrected chi connectivity index (χ2v) is 2.87. The standard InChI is InChI=1S/C8H3F5N2/c9-3-1-5-6(2-4(3)10)15-7(14-5)8(11,12)13/h1-2H,(H,14,15). The first-order valence-corrected chi connectivity index (χ1v) is 3.80. The summed E-state index contributed by atoms with van der Waals surface area (Å²) in [6.07, 6.45) is -4.66. The predicted octanol–water partition coefficient (Wildman–Crippen LogP) is 2.86. The lowest BCUT2D eigenvalue weighted by Gasteiger charge is -1.98. The number of rotatable bonds is 0. The fraction of sp³-hybridized carbons (Fsp3) is 0.125. The number of aromatic nitrogens is 2. The highest BCUT2D eigenvalue weighted by molar-refractivity contribution is 5.75. The molecule has 0 aliphatic heterocycles. The van der Waals surface area contributed by atoms with Gasteiger partial charge in [-0.15, -0.1) is 0 Å². The van der Waals surface area contributed by atoms with E-state index < -0.39 is 23.6 Å². The van der Waals surface area contributed by atoms with Crippen LogP contribution in [-0.2, 0) is 6.18 Å². The van der Waals surface area contributed by atoms with Crippen molar-refractivity contribution in [3.05, 3.63) is 29.6 Å². The summed E-state index contributed by atoms with van der Waals surface area (Å²) in [5.41, 5.74) is -0.456. The van der Waals surface area contributed by atoms with Crippen LogP contribution in [0.25, 0.3) is 11.0 Å². The summed E-state index contributed by atoms with van der Waals surface area (Å²) in [4.78, 5) is 4.96. The number of fused-ring (bicyclic) bond motifs is 1. The predicted molar refractivity (Wildman–Crippen MR) is 41.0 cm³/mol. The Labute approximate surface area is 79.7 Å². The van der Waals surface area contributed by atoms with E-state index in [4.69, 9.17) is 0 Å². The van der Waals surface area contributed by atoms with Crippen LogP contribution in [0.4, 0.5) is 22.0 Å². The molecule has 7 heteroatoms. The van der Waals surface area contributed by atoms with Gasteiger partial charge in [-0.3, -0.25) is 0 Å². The zero-order chi connectivity index (χ0) is 11.2. The molecule has 1 N–H and O–H groups in total. The molecule has 1 heterocycles. The molecule has 0 saturated carbocycles. The fourth-order valence-electron chi connectivity index (χ4n) is 1.14. The van der Waals surface area contributed by atoms with Crippen LogP contribution in [0.5, 0.6) is 0 Å². The van der Waals surface area contributed by atoms with Gasteiger partial charge in [0.25, 0.3) is 0 Å². The molecule has 15 heavy (non-hydrogen) atoms. The van der Waals surface area contributed by atoms with E-state index in [0.29, 0.717) is 12.1 Å². The van der Waals surface area contributed by atoms with Crippen molar-refractivity contribution in [2.45, 2.75) is 6.18 Å². The van der Waals surface area contributed by atoms with Crippen LogP contribution in [-0.4, -0.2) is 9.97 Å². The molecule has 0 saturated heterocycles. The van der Waals surface area contributed by atoms with Crippen molar-refractivity contribution < 1.29 is 22.0 Å². The van der Waals surface area contributed by atoms with Gasteiger partial charge in [-0.05, 0) is 0 Å². The molecule has 0 aliphatic rings. The van der Waals surface area contributed by atoms with Crippen molar-refractivity contribution in [2.75, 3.05) is 0 Å². The van der Waals surface area contributed by atoms with E-state index in [1.807, 2.05) is 4.98 Å². The number of halogens is 5. The molecule has 1 aromatic heterocycles. The summed E-state index contributed by atoms with van der Waals surface area (Å²) >= 11 is 0. The van der Waals surface area contributed by atoms with Gasteiger partial charge < -0.3 is 4.98 Å². The van der Waals surface area contributed by atoms with Gasteiger partial charge in [-0.25, -0.2) is 13.8 Å². The monoisotopic (exact) mass is 222 g/mol. The van der Waals surface area contributed by atoms with Crippen LogP contribution >= 0.6 is 0 Å². The Balaban J connectivity index is 2.66. The zero-order valence-electron chi connectivity index (χ0n) is 6.99. The van der Waals surface area contributed by atoms with Crippen molar-refractivity contribution in [2.24, 2.45) is 0 Å². The maximum absolute atomic E-state index is 12.7. The number of aromatic amines is 1. The highest BCUT2D eigenvalue weighted by Crippen LogP contribution is 2.28. The number of hydrogen-bond acceptors (Lipinski definition) is 1. The number of nitrogens with one attached hydrogen (secondary N) is 1. The summed E-state index contributed by atoms with van der Waals surface area (Å²) in [5.74, 6) is -3.73. The average molecular weight is 222 g/mol. The molecule has 80 valence electrons. The second-order valence-electron chi connectivity index (χ2n) is 2.87. The zero-order valence-corrected chi connectivity index (χ0v) is 6.99. The molecule has 0 bridgehead atoms. The highest BCUT2D eigenvalue weighted by Gasteiger charge is 2.34. The molecule has 0 amide bonds. The van der Waals surface area contributed by atoms with Crippen molar-refractivity contribution >= 4 is 11.0 Å². The maximum atomic E-state index is 12.7. The van der Waals surface area contributed by atoms with Crippen LogP contribution in [0.2, 0.25) is 0 Å². The van der Waals surface area contributed by atoms with E-state index in [-0.39, 0.29) is 11.0 Å². The molecule has 0 aliphatic carbocycles. The van der Waals surface area contributed by atoms with Crippen LogP contribution in [0.15, 0.2) is 12.1 Å². The third-order valence-electron chi connectivity index (χ3n) is 1.79. The minimum atomic E-state index is -4.66. The number of hydrogen-bond donors (Lipinski definition) is 1. The molecule has 0 unspecified atom stereocenters. The van der Waals surface area contributed by atoms with Gasteiger partial charge in [0.1, 0.15) is 0 Å². The number of nitrogens with zero attached hydrogens (tertiary/aromatic N) is 1. The molecule has 0 spiro atoms. The number of benzene rings is 1. The number of alkyl halides is 3. The van der Waals surface area contributed by atoms with Crippen molar-refractivity contribution in [3.63, 3.8) is 0 Å². The summed E-state index contributed by atoms with van der Waals surface area (Å²) < 4.78 is 61.7. The Kier molecular flexibility index (Phi) is 1.92.